The summed E-state index contributed by atoms with van der Waals surface area (Å²) in [5, 5.41) is 13.1. The number of methoxy groups -OCH3 is 1. The van der Waals surface area contributed by atoms with E-state index in [0.29, 0.717) is 19.2 Å². The number of nitrogens with one attached hydrogen (secondary N) is 1. The number of ether oxygens (including phenoxy) is 1. The van der Waals surface area contributed by atoms with Crippen LogP contribution in [-0.4, -0.2) is 37.5 Å². The molecule has 1 saturated carbocycles. The summed E-state index contributed by atoms with van der Waals surface area (Å²) < 4.78 is 4.93. The van der Waals surface area contributed by atoms with Gasteiger partial charge in [-0.05, 0) is 31.1 Å². The van der Waals surface area contributed by atoms with E-state index < -0.39 is 0 Å². The molecule has 3 atom stereocenters. The molecule has 17 heavy (non-hydrogen) atoms. The fraction of sp³-hybridized carbons (Fsp3) is 1.00. The van der Waals surface area contributed by atoms with Crippen LogP contribution >= 0.6 is 0 Å². The van der Waals surface area contributed by atoms with Gasteiger partial charge in [0.05, 0.1) is 12.7 Å². The molecular weight excluding hydrogens is 214 g/mol. The molecule has 0 heterocycles. The molecule has 0 aromatic carbocycles. The minimum absolute atomic E-state index is 0.370. The van der Waals surface area contributed by atoms with Gasteiger partial charge in [-0.2, -0.15) is 0 Å². The van der Waals surface area contributed by atoms with E-state index in [9.17, 15) is 5.11 Å². The molecule has 102 valence electrons. The lowest BCUT2D eigenvalue weighted by Gasteiger charge is -2.31. The van der Waals surface area contributed by atoms with E-state index in [1.54, 1.807) is 7.11 Å². The highest BCUT2D eigenvalue weighted by Gasteiger charge is 2.22. The Morgan fingerprint density at radius 3 is 2.76 bits per heavy atom. The minimum Gasteiger partial charge on any atom is -0.389 e. The summed E-state index contributed by atoms with van der Waals surface area (Å²) >= 11 is 0. The monoisotopic (exact) mass is 243 g/mol. The third-order valence-electron chi connectivity index (χ3n) is 3.59. The standard InChI is InChI=1S/C14H29NO2/c1-11(2)7-12-5-4-6-13(8-12)15-9-14(16)10-17-3/h11-16H,4-10H2,1-3H3. The van der Waals surface area contributed by atoms with Gasteiger partial charge in [-0.25, -0.2) is 0 Å². The van der Waals surface area contributed by atoms with Crippen molar-refractivity contribution in [1.82, 2.24) is 5.32 Å². The molecule has 1 fully saturated rings. The molecular formula is C14H29NO2. The van der Waals surface area contributed by atoms with Crippen molar-refractivity contribution in [1.29, 1.82) is 0 Å². The lowest BCUT2D eigenvalue weighted by molar-refractivity contribution is 0.0607. The first-order chi connectivity index (χ1) is 8.11. The van der Waals surface area contributed by atoms with Gasteiger partial charge in [0.2, 0.25) is 0 Å². The Balaban J connectivity index is 2.20. The van der Waals surface area contributed by atoms with Gasteiger partial charge >= 0.3 is 0 Å². The minimum atomic E-state index is -0.370. The van der Waals surface area contributed by atoms with Crippen molar-refractivity contribution in [3.8, 4) is 0 Å². The van der Waals surface area contributed by atoms with Crippen LogP contribution in [0.15, 0.2) is 0 Å². The molecule has 2 N–H and O–H groups in total. The number of aliphatic hydroxyl groups excluding tert-OH is 1. The second-order valence-electron chi connectivity index (χ2n) is 5.88. The maximum atomic E-state index is 9.60. The van der Waals surface area contributed by atoms with E-state index in [-0.39, 0.29) is 6.10 Å². The highest BCUT2D eigenvalue weighted by Crippen LogP contribution is 2.29. The third-order valence-corrected chi connectivity index (χ3v) is 3.59. The fourth-order valence-corrected chi connectivity index (χ4v) is 2.91. The first-order valence-electron chi connectivity index (χ1n) is 7.02. The molecule has 0 amide bonds. The van der Waals surface area contributed by atoms with Crippen molar-refractivity contribution in [3.05, 3.63) is 0 Å². The van der Waals surface area contributed by atoms with Crippen LogP contribution in [-0.2, 0) is 4.74 Å². The number of hydrogen-bond donors (Lipinski definition) is 2. The van der Waals surface area contributed by atoms with Gasteiger partial charge in [-0.1, -0.05) is 26.7 Å². The fourth-order valence-electron chi connectivity index (χ4n) is 2.91. The Bertz CT molecular complexity index is 197. The predicted octanol–water partition coefficient (Wildman–Crippen LogP) is 2.19. The Labute approximate surface area is 106 Å². The van der Waals surface area contributed by atoms with E-state index in [2.05, 4.69) is 19.2 Å². The van der Waals surface area contributed by atoms with Gasteiger partial charge in [-0.3, -0.25) is 0 Å². The first kappa shape index (κ1) is 14.9. The molecule has 0 bridgehead atoms. The first-order valence-corrected chi connectivity index (χ1v) is 7.02. The number of rotatable bonds is 7. The summed E-state index contributed by atoms with van der Waals surface area (Å²) in [6.45, 7) is 5.70. The van der Waals surface area contributed by atoms with Crippen LogP contribution in [0.3, 0.4) is 0 Å². The quantitative estimate of drug-likeness (QED) is 0.720. The summed E-state index contributed by atoms with van der Waals surface area (Å²) in [4.78, 5) is 0. The predicted molar refractivity (Wildman–Crippen MR) is 71.1 cm³/mol. The molecule has 0 aromatic rings. The van der Waals surface area contributed by atoms with E-state index in [0.717, 1.165) is 11.8 Å². The molecule has 3 unspecified atom stereocenters. The van der Waals surface area contributed by atoms with Gasteiger partial charge in [-0.15, -0.1) is 0 Å². The van der Waals surface area contributed by atoms with E-state index in [1.165, 1.54) is 32.1 Å². The molecule has 3 heteroatoms. The normalized spacial score (nSPS) is 27.4. The SMILES string of the molecule is COCC(O)CNC1CCCC(CC(C)C)C1. The van der Waals surface area contributed by atoms with Crippen molar-refractivity contribution in [2.45, 2.75) is 58.1 Å². The molecule has 0 saturated heterocycles. The van der Waals surface area contributed by atoms with Gasteiger partial charge in [0.15, 0.2) is 0 Å². The summed E-state index contributed by atoms with van der Waals surface area (Å²) in [6, 6.07) is 0.596. The molecule has 0 spiro atoms. The molecule has 0 aromatic heterocycles. The largest absolute Gasteiger partial charge is 0.389 e. The highest BCUT2D eigenvalue weighted by molar-refractivity contribution is 4.79. The number of hydrogen-bond acceptors (Lipinski definition) is 3. The second-order valence-corrected chi connectivity index (χ2v) is 5.88. The Kier molecular flexibility index (Phi) is 7.09. The van der Waals surface area contributed by atoms with E-state index in [1.807, 2.05) is 0 Å². The molecule has 0 radical (unpaired) electrons. The average Bonchev–Trinajstić information content (AvgIpc) is 2.26. The maximum Gasteiger partial charge on any atom is 0.0897 e. The smallest absolute Gasteiger partial charge is 0.0897 e. The third kappa shape index (κ3) is 6.39. The summed E-state index contributed by atoms with van der Waals surface area (Å²) in [5.74, 6) is 1.68. The molecule has 0 aliphatic heterocycles. The lowest BCUT2D eigenvalue weighted by Crippen LogP contribution is -2.40. The van der Waals surface area contributed by atoms with Crippen molar-refractivity contribution >= 4 is 0 Å². The van der Waals surface area contributed by atoms with E-state index >= 15 is 0 Å². The molecule has 1 rings (SSSR count). The van der Waals surface area contributed by atoms with Gasteiger partial charge < -0.3 is 15.2 Å². The highest BCUT2D eigenvalue weighted by atomic mass is 16.5. The zero-order chi connectivity index (χ0) is 12.7. The summed E-state index contributed by atoms with van der Waals surface area (Å²) in [5.41, 5.74) is 0. The topological polar surface area (TPSA) is 41.5 Å². The van der Waals surface area contributed by atoms with Crippen LogP contribution in [0.4, 0.5) is 0 Å². The molecule has 3 nitrogen and oxygen atoms in total. The van der Waals surface area contributed by atoms with Crippen LogP contribution in [0, 0.1) is 11.8 Å². The Morgan fingerprint density at radius 1 is 1.35 bits per heavy atom. The second kappa shape index (κ2) is 8.06. The average molecular weight is 243 g/mol. The molecule has 1 aliphatic carbocycles. The van der Waals surface area contributed by atoms with Gasteiger partial charge in [0.25, 0.3) is 0 Å². The zero-order valence-electron chi connectivity index (χ0n) is 11.6. The van der Waals surface area contributed by atoms with Gasteiger partial charge in [0.1, 0.15) is 0 Å². The Morgan fingerprint density at radius 2 is 2.12 bits per heavy atom. The number of aliphatic hydroxyl groups is 1. The summed E-state index contributed by atoms with van der Waals surface area (Å²) in [6.07, 6.45) is 6.22. The lowest BCUT2D eigenvalue weighted by atomic mass is 9.81. The van der Waals surface area contributed by atoms with Crippen LogP contribution in [0.25, 0.3) is 0 Å². The van der Waals surface area contributed by atoms with Crippen LogP contribution in [0.5, 0.6) is 0 Å². The van der Waals surface area contributed by atoms with Crippen molar-refractivity contribution < 1.29 is 9.84 Å². The van der Waals surface area contributed by atoms with Crippen molar-refractivity contribution in [3.63, 3.8) is 0 Å². The maximum absolute atomic E-state index is 9.60. The van der Waals surface area contributed by atoms with Crippen LogP contribution < -0.4 is 5.32 Å². The van der Waals surface area contributed by atoms with Crippen molar-refractivity contribution in [2.24, 2.45) is 11.8 Å². The van der Waals surface area contributed by atoms with Crippen LogP contribution in [0.1, 0.15) is 46.0 Å². The summed E-state index contributed by atoms with van der Waals surface area (Å²) in [7, 11) is 1.63. The molecule has 1 aliphatic rings. The zero-order valence-corrected chi connectivity index (χ0v) is 11.6. The van der Waals surface area contributed by atoms with E-state index in [4.69, 9.17) is 4.74 Å². The van der Waals surface area contributed by atoms with Gasteiger partial charge in [0, 0.05) is 19.7 Å². The van der Waals surface area contributed by atoms with Crippen LogP contribution in [0.2, 0.25) is 0 Å². The van der Waals surface area contributed by atoms with Crippen molar-refractivity contribution in [2.75, 3.05) is 20.3 Å². The Hall–Kier alpha value is -0.120.